The Morgan fingerprint density at radius 3 is 2.67 bits per heavy atom. The van der Waals surface area contributed by atoms with Gasteiger partial charge >= 0.3 is 0 Å². The number of aromatic nitrogens is 3. The molecule has 10 heteroatoms. The largest absolute Gasteiger partial charge is 0.386 e. The van der Waals surface area contributed by atoms with Crippen LogP contribution in [0.15, 0.2) is 24.4 Å². The lowest BCUT2D eigenvalue weighted by molar-refractivity contribution is 0.146. The summed E-state index contributed by atoms with van der Waals surface area (Å²) in [7, 11) is -3.46. The van der Waals surface area contributed by atoms with Crippen LogP contribution in [0.1, 0.15) is 31.2 Å². The number of benzene rings is 1. The third-order valence-corrected chi connectivity index (χ3v) is 4.18. The molecule has 1 heterocycles. The minimum atomic E-state index is -3.46. The number of aliphatic hydroxyl groups excluding tert-OH is 1. The molecule has 24 heavy (non-hydrogen) atoms. The van der Waals surface area contributed by atoms with Gasteiger partial charge in [0.1, 0.15) is 23.4 Å². The summed E-state index contributed by atoms with van der Waals surface area (Å²) in [5, 5.41) is 17.7. The standard InChI is InChI=1S/C14H18F2N4O3S/c1-14(2,18-24(3,22)23)13-8-20(19-17-13)7-12(21)10-6-9(15)4-5-11(10)16/h4-6,8,12,18,21H,7H2,1-3H3. The molecule has 0 amide bonds. The first-order chi connectivity index (χ1) is 11.0. The number of nitrogens with one attached hydrogen (secondary N) is 1. The van der Waals surface area contributed by atoms with Crippen LogP contribution in [0.3, 0.4) is 0 Å². The van der Waals surface area contributed by atoms with E-state index in [-0.39, 0.29) is 12.1 Å². The van der Waals surface area contributed by atoms with Crippen molar-refractivity contribution in [2.75, 3.05) is 6.26 Å². The van der Waals surface area contributed by atoms with Gasteiger partial charge in [-0.05, 0) is 32.0 Å². The molecule has 0 aliphatic carbocycles. The van der Waals surface area contributed by atoms with Gasteiger partial charge in [0.2, 0.25) is 10.0 Å². The first-order valence-corrected chi connectivity index (χ1v) is 8.89. The Morgan fingerprint density at radius 1 is 1.38 bits per heavy atom. The molecule has 1 atom stereocenters. The van der Waals surface area contributed by atoms with Gasteiger partial charge in [-0.25, -0.2) is 26.6 Å². The SMILES string of the molecule is CC(C)(NS(C)(=O)=O)c1cn(CC(O)c2cc(F)ccc2F)nn1. The molecule has 1 aromatic heterocycles. The summed E-state index contributed by atoms with van der Waals surface area (Å²) in [6.07, 6.45) is 1.12. The predicted octanol–water partition coefficient (Wildman–Crippen LogP) is 1.07. The molecule has 0 spiro atoms. The first kappa shape index (κ1) is 18.4. The average molecular weight is 360 g/mol. The Morgan fingerprint density at radius 2 is 2.04 bits per heavy atom. The van der Waals surface area contributed by atoms with E-state index in [1.54, 1.807) is 13.8 Å². The van der Waals surface area contributed by atoms with E-state index in [1.165, 1.54) is 10.9 Å². The number of sulfonamides is 1. The zero-order valence-corrected chi connectivity index (χ0v) is 14.2. The van der Waals surface area contributed by atoms with Crippen LogP contribution in [-0.2, 0) is 22.1 Å². The Hall–Kier alpha value is -1.91. The van der Waals surface area contributed by atoms with Crippen molar-refractivity contribution >= 4 is 10.0 Å². The normalized spacial score (nSPS) is 13.9. The van der Waals surface area contributed by atoms with E-state index in [0.29, 0.717) is 5.69 Å². The van der Waals surface area contributed by atoms with Gasteiger partial charge in [-0.1, -0.05) is 5.21 Å². The highest BCUT2D eigenvalue weighted by Gasteiger charge is 2.28. The van der Waals surface area contributed by atoms with Crippen LogP contribution in [0.4, 0.5) is 8.78 Å². The van der Waals surface area contributed by atoms with Gasteiger partial charge in [0.25, 0.3) is 0 Å². The minimum absolute atomic E-state index is 0.164. The zero-order valence-electron chi connectivity index (χ0n) is 13.4. The highest BCUT2D eigenvalue weighted by Crippen LogP contribution is 2.22. The topological polar surface area (TPSA) is 97.1 Å². The number of rotatable bonds is 6. The van der Waals surface area contributed by atoms with Gasteiger partial charge in [0.15, 0.2) is 0 Å². The van der Waals surface area contributed by atoms with Crippen molar-refractivity contribution in [3.8, 4) is 0 Å². The van der Waals surface area contributed by atoms with Crippen molar-refractivity contribution in [1.82, 2.24) is 19.7 Å². The summed E-state index contributed by atoms with van der Waals surface area (Å²) >= 11 is 0. The Bertz CT molecular complexity index is 836. The quantitative estimate of drug-likeness (QED) is 0.803. The van der Waals surface area contributed by atoms with E-state index in [4.69, 9.17) is 0 Å². The van der Waals surface area contributed by atoms with E-state index in [9.17, 15) is 22.3 Å². The van der Waals surface area contributed by atoms with Crippen molar-refractivity contribution in [2.24, 2.45) is 0 Å². The van der Waals surface area contributed by atoms with Crippen LogP contribution in [-0.4, -0.2) is 34.8 Å². The Balaban J connectivity index is 2.18. The fraction of sp³-hybridized carbons (Fsp3) is 0.429. The Labute approximate surface area is 138 Å². The molecule has 0 aliphatic rings. The van der Waals surface area contributed by atoms with Crippen molar-refractivity contribution in [3.63, 3.8) is 0 Å². The lowest BCUT2D eigenvalue weighted by atomic mass is 10.0. The smallest absolute Gasteiger partial charge is 0.209 e. The maximum atomic E-state index is 13.7. The molecular weight excluding hydrogens is 342 g/mol. The van der Waals surface area contributed by atoms with Gasteiger partial charge in [-0.3, -0.25) is 0 Å². The third-order valence-electron chi connectivity index (χ3n) is 3.30. The summed E-state index contributed by atoms with van der Waals surface area (Å²) in [5.74, 6) is -1.40. The van der Waals surface area contributed by atoms with Gasteiger partial charge in [0.05, 0.1) is 24.5 Å². The van der Waals surface area contributed by atoms with Crippen LogP contribution in [0.5, 0.6) is 0 Å². The molecule has 0 bridgehead atoms. The first-order valence-electron chi connectivity index (χ1n) is 7.00. The van der Waals surface area contributed by atoms with E-state index in [2.05, 4.69) is 15.0 Å². The summed E-state index contributed by atoms with van der Waals surface area (Å²) in [6.45, 7) is 3.04. The maximum absolute atomic E-state index is 13.7. The van der Waals surface area contributed by atoms with Crippen LogP contribution in [0.2, 0.25) is 0 Å². The minimum Gasteiger partial charge on any atom is -0.386 e. The predicted molar refractivity (Wildman–Crippen MR) is 82.3 cm³/mol. The summed E-state index contributed by atoms with van der Waals surface area (Å²) < 4.78 is 53.2. The van der Waals surface area contributed by atoms with E-state index >= 15 is 0 Å². The molecule has 2 aromatic rings. The highest BCUT2D eigenvalue weighted by molar-refractivity contribution is 7.88. The lowest BCUT2D eigenvalue weighted by Gasteiger charge is -2.21. The van der Waals surface area contributed by atoms with Crippen LogP contribution in [0.25, 0.3) is 0 Å². The van der Waals surface area contributed by atoms with Crippen LogP contribution in [0, 0.1) is 11.6 Å². The monoisotopic (exact) mass is 360 g/mol. The Kier molecular flexibility index (Phi) is 5.02. The van der Waals surface area contributed by atoms with Crippen molar-refractivity contribution in [1.29, 1.82) is 0 Å². The van der Waals surface area contributed by atoms with Crippen LogP contribution >= 0.6 is 0 Å². The number of halogens is 2. The molecule has 2 N–H and O–H groups in total. The summed E-state index contributed by atoms with van der Waals surface area (Å²) in [6, 6.07) is 2.80. The lowest BCUT2D eigenvalue weighted by Crippen LogP contribution is -2.40. The molecule has 0 saturated heterocycles. The molecule has 132 valence electrons. The number of hydrogen-bond acceptors (Lipinski definition) is 5. The fourth-order valence-corrected chi connectivity index (χ4v) is 3.27. The molecule has 1 unspecified atom stereocenters. The fourth-order valence-electron chi connectivity index (χ4n) is 2.24. The van der Waals surface area contributed by atoms with Gasteiger partial charge < -0.3 is 5.11 Å². The molecule has 0 saturated carbocycles. The second-order valence-corrected chi connectivity index (χ2v) is 7.76. The van der Waals surface area contributed by atoms with Crippen LogP contribution < -0.4 is 4.72 Å². The van der Waals surface area contributed by atoms with Gasteiger partial charge in [-0.15, -0.1) is 5.10 Å². The highest BCUT2D eigenvalue weighted by atomic mass is 32.2. The zero-order chi connectivity index (χ0) is 18.1. The third kappa shape index (κ3) is 4.56. The number of aliphatic hydroxyl groups is 1. The van der Waals surface area contributed by atoms with E-state index in [0.717, 1.165) is 24.5 Å². The molecule has 0 aliphatic heterocycles. The van der Waals surface area contributed by atoms with Crippen molar-refractivity contribution in [2.45, 2.75) is 32.0 Å². The van der Waals surface area contributed by atoms with Crippen molar-refractivity contribution in [3.05, 3.63) is 47.3 Å². The second-order valence-electron chi connectivity index (χ2n) is 6.01. The van der Waals surface area contributed by atoms with E-state index in [1.807, 2.05) is 0 Å². The molecule has 0 radical (unpaired) electrons. The number of hydrogen-bond donors (Lipinski definition) is 2. The maximum Gasteiger partial charge on any atom is 0.209 e. The van der Waals surface area contributed by atoms with E-state index < -0.39 is 33.3 Å². The summed E-state index contributed by atoms with van der Waals surface area (Å²) in [5.41, 5.74) is -0.888. The molecular formula is C14H18F2N4O3S. The summed E-state index contributed by atoms with van der Waals surface area (Å²) in [4.78, 5) is 0. The molecule has 7 nitrogen and oxygen atoms in total. The second kappa shape index (κ2) is 6.54. The van der Waals surface area contributed by atoms with Gasteiger partial charge in [-0.2, -0.15) is 0 Å². The number of nitrogens with zero attached hydrogens (tertiary/aromatic N) is 3. The average Bonchev–Trinajstić information content (AvgIpc) is 2.88. The van der Waals surface area contributed by atoms with Crippen molar-refractivity contribution < 1.29 is 22.3 Å². The van der Waals surface area contributed by atoms with Gasteiger partial charge in [0, 0.05) is 5.56 Å². The molecule has 1 aromatic carbocycles. The molecule has 0 fully saturated rings. The molecule has 2 rings (SSSR count).